The predicted molar refractivity (Wildman–Crippen MR) is 73.6 cm³/mol. The summed E-state index contributed by atoms with van der Waals surface area (Å²) in [5.41, 5.74) is 1.38. The van der Waals surface area contributed by atoms with Crippen LogP contribution in [0.15, 0.2) is 30.3 Å². The molecule has 1 rings (SSSR count). The molecule has 0 aliphatic rings. The van der Waals surface area contributed by atoms with Crippen LogP contribution >= 0.6 is 0 Å². The fraction of sp³-hybridized carbons (Fsp3) is 0.571. The summed E-state index contributed by atoms with van der Waals surface area (Å²) in [5, 5.41) is 0.464. The topological polar surface area (TPSA) is 9.23 Å². The van der Waals surface area contributed by atoms with Gasteiger partial charge in [-0.3, -0.25) is 0 Å². The Morgan fingerprint density at radius 3 is 2.50 bits per heavy atom. The van der Waals surface area contributed by atoms with Crippen LogP contribution in [0.3, 0.4) is 0 Å². The molecule has 90 valence electrons. The van der Waals surface area contributed by atoms with E-state index in [1.54, 1.807) is 0 Å². The number of hydrogen-bond donors (Lipinski definition) is 0. The van der Waals surface area contributed by atoms with Crippen LogP contribution in [0.25, 0.3) is 0 Å². The highest BCUT2D eigenvalue weighted by Crippen LogP contribution is 2.28. The van der Waals surface area contributed by atoms with E-state index in [-0.39, 0.29) is 9.76 Å². The maximum Gasteiger partial charge on any atom is 0.167 e. The normalized spacial score (nSPS) is 12.4. The lowest BCUT2D eigenvalue weighted by Crippen LogP contribution is -2.17. The van der Waals surface area contributed by atoms with Crippen molar-refractivity contribution in [1.29, 1.82) is 0 Å². The molecule has 0 unspecified atom stereocenters. The average molecular weight is 236 g/mol. The zero-order valence-electron chi connectivity index (χ0n) is 10.8. The molecular weight excluding hydrogens is 212 g/mol. The van der Waals surface area contributed by atoms with Gasteiger partial charge in [0.15, 0.2) is 9.76 Å². The van der Waals surface area contributed by atoms with E-state index in [1.165, 1.54) is 18.4 Å². The van der Waals surface area contributed by atoms with E-state index in [4.69, 9.17) is 4.43 Å². The summed E-state index contributed by atoms with van der Waals surface area (Å²) < 4.78 is 5.89. The minimum Gasteiger partial charge on any atom is -0.423 e. The predicted octanol–water partition coefficient (Wildman–Crippen LogP) is 3.33. The van der Waals surface area contributed by atoms with Gasteiger partial charge >= 0.3 is 0 Å². The third-order valence-electron chi connectivity index (χ3n) is 2.80. The number of benzene rings is 1. The van der Waals surface area contributed by atoms with Crippen molar-refractivity contribution in [2.45, 2.75) is 45.1 Å². The van der Waals surface area contributed by atoms with Crippen molar-refractivity contribution in [1.82, 2.24) is 0 Å². The number of hydrogen-bond acceptors (Lipinski definition) is 1. The zero-order valence-corrected chi connectivity index (χ0v) is 12.2. The van der Waals surface area contributed by atoms with Crippen LogP contribution in [0.4, 0.5) is 0 Å². The van der Waals surface area contributed by atoms with E-state index in [1.807, 2.05) is 0 Å². The Labute approximate surface area is 102 Å². The molecule has 0 fully saturated rings. The molecule has 1 aromatic carbocycles. The molecule has 0 saturated carbocycles. The molecule has 0 radical (unpaired) electrons. The molecule has 0 saturated heterocycles. The summed E-state index contributed by atoms with van der Waals surface area (Å²) >= 11 is 0. The summed E-state index contributed by atoms with van der Waals surface area (Å²) in [6.45, 7) is 7.82. The Bertz CT molecular complexity index is 282. The maximum absolute atomic E-state index is 5.89. The molecule has 0 spiro atoms. The largest absolute Gasteiger partial charge is 0.423 e. The Kier molecular flexibility index (Phi) is 5.78. The van der Waals surface area contributed by atoms with Crippen molar-refractivity contribution in [3.05, 3.63) is 35.9 Å². The summed E-state index contributed by atoms with van der Waals surface area (Å²) in [5.74, 6) is 0. The lowest BCUT2D eigenvalue weighted by Gasteiger charge is -2.22. The first-order valence-electron chi connectivity index (χ1n) is 6.26. The highest BCUT2D eigenvalue weighted by Gasteiger charge is 2.17. The van der Waals surface area contributed by atoms with Crippen LogP contribution < -0.4 is 0 Å². The van der Waals surface area contributed by atoms with E-state index in [0.717, 1.165) is 13.0 Å². The van der Waals surface area contributed by atoms with Gasteiger partial charge in [0.25, 0.3) is 0 Å². The number of rotatable bonds is 7. The molecule has 16 heavy (non-hydrogen) atoms. The van der Waals surface area contributed by atoms with Crippen LogP contribution in [0.2, 0.25) is 5.04 Å². The second-order valence-corrected chi connectivity index (χ2v) is 7.81. The minimum absolute atomic E-state index is 0.388. The Morgan fingerprint density at radius 2 is 1.88 bits per heavy atom. The summed E-state index contributed by atoms with van der Waals surface area (Å²) in [7, 11) is -0.388. The van der Waals surface area contributed by atoms with Gasteiger partial charge in [0, 0.05) is 6.61 Å². The van der Waals surface area contributed by atoms with Gasteiger partial charge < -0.3 is 4.43 Å². The minimum atomic E-state index is -0.388. The third-order valence-corrected chi connectivity index (χ3v) is 4.43. The van der Waals surface area contributed by atoms with E-state index >= 15 is 0 Å². The highest BCUT2D eigenvalue weighted by molar-refractivity contribution is 6.31. The van der Waals surface area contributed by atoms with Gasteiger partial charge in [-0.2, -0.15) is 0 Å². The molecule has 1 aromatic rings. The zero-order chi connectivity index (χ0) is 11.9. The van der Waals surface area contributed by atoms with Crippen molar-refractivity contribution in [2.75, 3.05) is 6.61 Å². The first-order chi connectivity index (χ1) is 7.64. The molecule has 0 aromatic heterocycles. The Hall–Kier alpha value is -0.603. The molecule has 0 aliphatic heterocycles. The summed E-state index contributed by atoms with van der Waals surface area (Å²) in [6.07, 6.45) is 3.61. The van der Waals surface area contributed by atoms with Crippen molar-refractivity contribution in [2.24, 2.45) is 0 Å². The van der Waals surface area contributed by atoms with E-state index in [9.17, 15) is 0 Å². The second kappa shape index (κ2) is 6.87. The lowest BCUT2D eigenvalue weighted by atomic mass is 10.1. The first kappa shape index (κ1) is 13.5. The van der Waals surface area contributed by atoms with Crippen molar-refractivity contribution >= 4 is 9.76 Å². The van der Waals surface area contributed by atoms with Crippen LogP contribution in [-0.2, 0) is 10.8 Å². The van der Waals surface area contributed by atoms with Gasteiger partial charge in [-0.1, -0.05) is 57.5 Å². The Morgan fingerprint density at radius 1 is 1.19 bits per heavy atom. The van der Waals surface area contributed by atoms with Gasteiger partial charge in [0.05, 0.1) is 0 Å². The van der Waals surface area contributed by atoms with Gasteiger partial charge in [0.1, 0.15) is 0 Å². The lowest BCUT2D eigenvalue weighted by molar-refractivity contribution is 0.318. The Balaban J connectivity index is 2.17. The fourth-order valence-electron chi connectivity index (χ4n) is 1.93. The van der Waals surface area contributed by atoms with E-state index < -0.39 is 0 Å². The van der Waals surface area contributed by atoms with Crippen LogP contribution in [-0.4, -0.2) is 16.4 Å². The molecule has 0 N–H and O–H groups in total. The monoisotopic (exact) mass is 236 g/mol. The van der Waals surface area contributed by atoms with E-state index in [0.29, 0.717) is 5.04 Å². The standard InChI is InChI=1S/C14H24OSi/c1-4-11-14(2,3)16-15-12-10-13-8-6-5-7-9-13/h5-9H,4,10-12,16H2,1-3H3. The molecule has 1 nitrogen and oxygen atoms in total. The van der Waals surface area contributed by atoms with Crippen LogP contribution in [0.1, 0.15) is 39.2 Å². The third kappa shape index (κ3) is 5.47. The fourth-order valence-corrected chi connectivity index (χ4v) is 3.27. The SMILES string of the molecule is CCCC(C)(C)[SiH2]OCCc1ccccc1. The summed E-state index contributed by atoms with van der Waals surface area (Å²) in [6, 6.07) is 10.6. The van der Waals surface area contributed by atoms with Crippen LogP contribution in [0.5, 0.6) is 0 Å². The molecule has 0 heterocycles. The summed E-state index contributed by atoms with van der Waals surface area (Å²) in [4.78, 5) is 0. The maximum atomic E-state index is 5.89. The van der Waals surface area contributed by atoms with E-state index in [2.05, 4.69) is 51.1 Å². The van der Waals surface area contributed by atoms with Gasteiger partial charge in [-0.25, -0.2) is 0 Å². The molecule has 0 bridgehead atoms. The van der Waals surface area contributed by atoms with Crippen molar-refractivity contribution in [3.63, 3.8) is 0 Å². The quantitative estimate of drug-likeness (QED) is 0.521. The van der Waals surface area contributed by atoms with Gasteiger partial charge in [-0.15, -0.1) is 0 Å². The van der Waals surface area contributed by atoms with Gasteiger partial charge in [0.2, 0.25) is 0 Å². The smallest absolute Gasteiger partial charge is 0.167 e. The van der Waals surface area contributed by atoms with Crippen molar-refractivity contribution < 1.29 is 4.43 Å². The molecule has 0 amide bonds. The molecular formula is C14H24OSi. The first-order valence-corrected chi connectivity index (χ1v) is 7.54. The highest BCUT2D eigenvalue weighted by atomic mass is 28.2. The second-order valence-electron chi connectivity index (χ2n) is 5.20. The van der Waals surface area contributed by atoms with Crippen LogP contribution in [0, 0.1) is 0 Å². The van der Waals surface area contributed by atoms with Crippen molar-refractivity contribution in [3.8, 4) is 0 Å². The molecule has 0 atom stereocenters. The molecule has 2 heteroatoms. The molecule has 0 aliphatic carbocycles. The average Bonchev–Trinajstić information content (AvgIpc) is 2.26. The van der Waals surface area contributed by atoms with Gasteiger partial charge in [-0.05, 0) is 23.4 Å².